The lowest BCUT2D eigenvalue weighted by Crippen LogP contribution is -1.84. The maximum absolute atomic E-state index is 13.5. The molecule has 10 heteroatoms. The second-order valence-corrected chi connectivity index (χ2v) is 7.45. The summed E-state index contributed by atoms with van der Waals surface area (Å²) in [5.41, 5.74) is 5.25. The number of imidazole rings is 1. The van der Waals surface area contributed by atoms with Crippen LogP contribution in [0, 0.1) is 5.13 Å². The molecule has 6 aromatic heterocycles. The predicted molar refractivity (Wildman–Crippen MR) is 108 cm³/mol. The molecule has 140 valence electrons. The third-order valence-electron chi connectivity index (χ3n) is 4.67. The smallest absolute Gasteiger partial charge is 0.177 e. The highest BCUT2D eigenvalue weighted by Gasteiger charge is 2.17. The van der Waals surface area contributed by atoms with E-state index in [4.69, 9.17) is 4.98 Å². The van der Waals surface area contributed by atoms with Gasteiger partial charge in [-0.1, -0.05) is 0 Å². The van der Waals surface area contributed by atoms with Gasteiger partial charge in [0.1, 0.15) is 16.9 Å². The van der Waals surface area contributed by atoms with Gasteiger partial charge >= 0.3 is 0 Å². The second-order valence-electron chi connectivity index (χ2n) is 6.42. The van der Waals surface area contributed by atoms with Gasteiger partial charge in [-0.3, -0.25) is 20.2 Å². The van der Waals surface area contributed by atoms with Gasteiger partial charge in [-0.15, -0.1) is 11.3 Å². The predicted octanol–water partition coefficient (Wildman–Crippen LogP) is 4.15. The number of pyridine rings is 2. The zero-order valence-corrected chi connectivity index (χ0v) is 15.5. The van der Waals surface area contributed by atoms with Crippen LogP contribution in [-0.2, 0) is 0 Å². The van der Waals surface area contributed by atoms with Crippen molar-refractivity contribution in [3.8, 4) is 33.3 Å². The zero-order valence-electron chi connectivity index (χ0n) is 14.6. The van der Waals surface area contributed by atoms with E-state index in [9.17, 15) is 4.39 Å². The van der Waals surface area contributed by atoms with Crippen molar-refractivity contribution in [3.05, 3.63) is 54.2 Å². The number of nitrogens with one attached hydrogen (secondary N) is 3. The Balaban J connectivity index is 1.53. The molecular formula is C19H11FN8S. The highest BCUT2D eigenvalue weighted by Crippen LogP contribution is 2.33. The first-order valence-electron chi connectivity index (χ1n) is 8.70. The largest absolute Gasteiger partial charge is 0.336 e. The number of H-pyrrole nitrogens is 3. The number of aromatic amines is 3. The summed E-state index contributed by atoms with van der Waals surface area (Å²) in [6.45, 7) is 0. The van der Waals surface area contributed by atoms with Crippen molar-refractivity contribution in [2.24, 2.45) is 0 Å². The third kappa shape index (κ3) is 2.53. The summed E-state index contributed by atoms with van der Waals surface area (Å²) < 4.78 is 13.5. The van der Waals surface area contributed by atoms with Crippen LogP contribution in [0.5, 0.6) is 0 Å². The first kappa shape index (κ1) is 16.1. The van der Waals surface area contributed by atoms with Gasteiger partial charge < -0.3 is 4.98 Å². The minimum atomic E-state index is -0.257. The Bertz CT molecular complexity index is 1480. The van der Waals surface area contributed by atoms with Crippen molar-refractivity contribution in [3.63, 3.8) is 0 Å². The molecule has 0 saturated heterocycles. The van der Waals surface area contributed by atoms with E-state index >= 15 is 0 Å². The van der Waals surface area contributed by atoms with Crippen molar-refractivity contribution < 1.29 is 4.39 Å². The quantitative estimate of drug-likeness (QED) is 0.412. The van der Waals surface area contributed by atoms with Crippen LogP contribution in [0.2, 0.25) is 0 Å². The van der Waals surface area contributed by atoms with Crippen LogP contribution >= 0.6 is 11.3 Å². The fraction of sp³-hybridized carbons (Fsp3) is 0. The van der Waals surface area contributed by atoms with Gasteiger partial charge in [0.25, 0.3) is 0 Å². The standard InChI is InChI=1S/C19H11FN8S/c20-15-2-1-14(29-15)18-17-11(3-4-21-18)25-19(26-17)16-10-5-12(9-6-23-24-7-9)22-8-13(10)27-28-16/h1-8H,(H,23,24)(H,25,26)(H,27,28). The van der Waals surface area contributed by atoms with E-state index in [1.165, 1.54) is 6.07 Å². The first-order valence-corrected chi connectivity index (χ1v) is 9.52. The molecule has 0 aliphatic heterocycles. The van der Waals surface area contributed by atoms with E-state index < -0.39 is 0 Å². The molecule has 0 spiro atoms. The molecule has 6 aromatic rings. The summed E-state index contributed by atoms with van der Waals surface area (Å²) in [6, 6.07) is 6.93. The fourth-order valence-corrected chi connectivity index (χ4v) is 4.04. The SMILES string of the molecule is Fc1ccc(-c2nccc3[nH]c(-c4n[nH]c5cnc(-c6cn[nH]c6)cc45)nc23)s1. The maximum Gasteiger partial charge on any atom is 0.177 e. The summed E-state index contributed by atoms with van der Waals surface area (Å²) in [4.78, 5) is 17.6. The molecule has 0 atom stereocenters. The van der Waals surface area contributed by atoms with Crippen molar-refractivity contribution in [1.29, 1.82) is 0 Å². The molecule has 0 aliphatic carbocycles. The summed E-state index contributed by atoms with van der Waals surface area (Å²) in [6.07, 6.45) is 6.92. The Morgan fingerprint density at radius 3 is 2.79 bits per heavy atom. The molecule has 0 saturated carbocycles. The minimum Gasteiger partial charge on any atom is -0.336 e. The van der Waals surface area contributed by atoms with Crippen molar-refractivity contribution in [2.75, 3.05) is 0 Å². The average molecular weight is 402 g/mol. The van der Waals surface area contributed by atoms with E-state index in [0.29, 0.717) is 22.7 Å². The number of halogens is 1. The summed E-state index contributed by atoms with van der Waals surface area (Å²) in [5, 5.41) is 14.8. The molecule has 0 radical (unpaired) electrons. The number of nitrogens with zero attached hydrogens (tertiary/aromatic N) is 5. The van der Waals surface area contributed by atoms with Gasteiger partial charge in [0.05, 0.1) is 34.0 Å². The number of aromatic nitrogens is 8. The highest BCUT2D eigenvalue weighted by molar-refractivity contribution is 7.13. The lowest BCUT2D eigenvalue weighted by Gasteiger charge is -1.97. The van der Waals surface area contributed by atoms with E-state index in [1.807, 2.05) is 12.1 Å². The number of hydrogen-bond acceptors (Lipinski definition) is 6. The first-order chi connectivity index (χ1) is 14.3. The third-order valence-corrected chi connectivity index (χ3v) is 5.55. The van der Waals surface area contributed by atoms with E-state index in [-0.39, 0.29) is 5.13 Å². The fourth-order valence-electron chi connectivity index (χ4n) is 3.32. The Morgan fingerprint density at radius 2 is 1.97 bits per heavy atom. The van der Waals surface area contributed by atoms with Crippen LogP contribution in [0.15, 0.2) is 49.1 Å². The Kier molecular flexibility index (Phi) is 3.35. The number of hydrogen-bond donors (Lipinski definition) is 3. The number of fused-ring (bicyclic) bond motifs is 2. The van der Waals surface area contributed by atoms with Crippen LogP contribution in [0.25, 0.3) is 55.3 Å². The van der Waals surface area contributed by atoms with Gasteiger partial charge in [-0.2, -0.15) is 14.6 Å². The average Bonchev–Trinajstić information content (AvgIpc) is 3.51. The van der Waals surface area contributed by atoms with Crippen LogP contribution in [-0.4, -0.2) is 40.3 Å². The highest BCUT2D eigenvalue weighted by atomic mass is 32.1. The maximum atomic E-state index is 13.5. The van der Waals surface area contributed by atoms with Crippen LogP contribution < -0.4 is 0 Å². The van der Waals surface area contributed by atoms with E-state index in [1.54, 1.807) is 30.9 Å². The van der Waals surface area contributed by atoms with Crippen molar-refractivity contribution >= 4 is 33.3 Å². The zero-order chi connectivity index (χ0) is 19.4. The van der Waals surface area contributed by atoms with E-state index in [0.717, 1.165) is 43.9 Å². The van der Waals surface area contributed by atoms with Gasteiger partial charge in [0.15, 0.2) is 11.0 Å². The Labute approximate surface area is 165 Å². The molecule has 0 amide bonds. The van der Waals surface area contributed by atoms with Gasteiger partial charge in [-0.05, 0) is 24.3 Å². The van der Waals surface area contributed by atoms with Crippen LogP contribution in [0.4, 0.5) is 4.39 Å². The van der Waals surface area contributed by atoms with Crippen LogP contribution in [0.1, 0.15) is 0 Å². The van der Waals surface area contributed by atoms with Crippen molar-refractivity contribution in [2.45, 2.75) is 0 Å². The molecule has 6 heterocycles. The Hall–Kier alpha value is -3.92. The minimum absolute atomic E-state index is 0.257. The molecule has 3 N–H and O–H groups in total. The molecule has 0 bridgehead atoms. The van der Waals surface area contributed by atoms with Gasteiger partial charge in [0.2, 0.25) is 0 Å². The van der Waals surface area contributed by atoms with E-state index in [2.05, 4.69) is 35.3 Å². The molecule has 0 fully saturated rings. The van der Waals surface area contributed by atoms with Crippen molar-refractivity contribution in [1.82, 2.24) is 40.3 Å². The summed E-state index contributed by atoms with van der Waals surface area (Å²) >= 11 is 1.04. The Morgan fingerprint density at radius 1 is 1.00 bits per heavy atom. The molecular weight excluding hydrogens is 391 g/mol. The lowest BCUT2D eigenvalue weighted by atomic mass is 10.1. The van der Waals surface area contributed by atoms with Crippen LogP contribution in [0.3, 0.4) is 0 Å². The monoisotopic (exact) mass is 402 g/mol. The molecule has 8 nitrogen and oxygen atoms in total. The number of rotatable bonds is 3. The summed E-state index contributed by atoms with van der Waals surface area (Å²) in [5.74, 6) is 0.599. The second kappa shape index (κ2) is 6.04. The lowest BCUT2D eigenvalue weighted by molar-refractivity contribution is 0.657. The molecule has 0 aromatic carbocycles. The summed E-state index contributed by atoms with van der Waals surface area (Å²) in [7, 11) is 0. The molecule has 0 aliphatic rings. The van der Waals surface area contributed by atoms with Gasteiger partial charge in [0, 0.05) is 23.3 Å². The topological polar surface area (TPSA) is 112 Å². The number of thiophene rings is 1. The molecule has 0 unspecified atom stereocenters. The normalized spacial score (nSPS) is 11.6. The van der Waals surface area contributed by atoms with Gasteiger partial charge in [-0.25, -0.2) is 4.98 Å². The molecule has 29 heavy (non-hydrogen) atoms. The molecule has 6 rings (SSSR count).